The van der Waals surface area contributed by atoms with Gasteiger partial charge in [0.25, 0.3) is 17.7 Å². The summed E-state index contributed by atoms with van der Waals surface area (Å²) in [5.41, 5.74) is 8.73. The number of aliphatic hydroxyl groups excluding tert-OH is 1. The van der Waals surface area contributed by atoms with E-state index in [1.807, 2.05) is 12.1 Å². The zero-order valence-corrected chi connectivity index (χ0v) is 20.2. The van der Waals surface area contributed by atoms with E-state index in [9.17, 15) is 23.9 Å². The lowest BCUT2D eigenvalue weighted by molar-refractivity contribution is -0.150. The molecule has 2 aliphatic heterocycles. The maximum atomic E-state index is 14.6. The first-order valence-electron chi connectivity index (χ1n) is 12.3. The molecule has 3 atom stereocenters. The molecule has 2 fully saturated rings. The molecule has 0 unspecified atom stereocenters. The lowest BCUT2D eigenvalue weighted by Gasteiger charge is -2.34. The van der Waals surface area contributed by atoms with Crippen LogP contribution in [-0.4, -0.2) is 79.4 Å². The van der Waals surface area contributed by atoms with E-state index in [-0.39, 0.29) is 30.4 Å². The van der Waals surface area contributed by atoms with Gasteiger partial charge in [-0.15, -0.1) is 0 Å². The molecule has 2 heterocycles. The van der Waals surface area contributed by atoms with Gasteiger partial charge >= 0.3 is 0 Å². The minimum absolute atomic E-state index is 0.0271. The Bertz CT molecular complexity index is 1220. The molecule has 2 saturated heterocycles. The Balaban J connectivity index is 1.29. The third-order valence-corrected chi connectivity index (χ3v) is 7.00. The molecule has 4 N–H and O–H groups in total. The van der Waals surface area contributed by atoms with E-state index in [2.05, 4.69) is 5.32 Å². The first kappa shape index (κ1) is 25.3. The van der Waals surface area contributed by atoms with Crippen molar-refractivity contribution >= 4 is 29.1 Å². The van der Waals surface area contributed by atoms with Gasteiger partial charge in [-0.1, -0.05) is 6.07 Å². The number of hydrogen-bond acceptors (Lipinski definition) is 7. The molecule has 0 aromatic heterocycles. The smallest absolute Gasteiger partial charge is 0.259 e. The number of nitrogens with two attached hydrogens (primary N) is 1. The van der Waals surface area contributed by atoms with Crippen LogP contribution in [0.15, 0.2) is 36.4 Å². The Kier molecular flexibility index (Phi) is 7.20. The summed E-state index contributed by atoms with van der Waals surface area (Å²) in [7, 11) is 0. The fourth-order valence-corrected chi connectivity index (χ4v) is 4.95. The van der Waals surface area contributed by atoms with Crippen molar-refractivity contribution in [2.75, 3.05) is 49.7 Å². The van der Waals surface area contributed by atoms with Crippen molar-refractivity contribution < 1.29 is 33.4 Å². The van der Waals surface area contributed by atoms with Crippen molar-refractivity contribution in [3.05, 3.63) is 58.9 Å². The number of nitrogens with one attached hydrogen (secondary N) is 1. The monoisotopic (exact) mass is 512 g/mol. The highest BCUT2D eigenvalue weighted by molar-refractivity contribution is 6.04. The van der Waals surface area contributed by atoms with Gasteiger partial charge in [0.1, 0.15) is 5.82 Å². The van der Waals surface area contributed by atoms with E-state index in [4.69, 9.17) is 15.2 Å². The standard InChI is InChI=1S/C26H29FN4O6/c27-20-5-3-17(14-19(20)25(34)30-7-10-36-11-8-30)31-9-12-37-23(26(31)35)22(32)24(33)29-16-2-4-18-15(13-16)1-6-21(18)28/h2-5,13-14,21-23,32H,1,6-12,28H2,(H,29,33)/t21-,22-,23-/m1/s1. The van der Waals surface area contributed by atoms with Crippen molar-refractivity contribution in [3.63, 3.8) is 0 Å². The molecule has 2 aromatic carbocycles. The highest BCUT2D eigenvalue weighted by atomic mass is 19.1. The molecule has 2 aromatic rings. The molecule has 0 radical (unpaired) electrons. The number of anilines is 2. The fraction of sp³-hybridized carbons (Fsp3) is 0.423. The maximum Gasteiger partial charge on any atom is 0.259 e. The number of aliphatic hydroxyl groups is 1. The van der Waals surface area contributed by atoms with Crippen LogP contribution < -0.4 is 16.0 Å². The van der Waals surface area contributed by atoms with E-state index >= 15 is 0 Å². The van der Waals surface area contributed by atoms with Crippen LogP contribution in [0, 0.1) is 5.82 Å². The van der Waals surface area contributed by atoms with Crippen LogP contribution in [-0.2, 0) is 25.5 Å². The van der Waals surface area contributed by atoms with Crippen LogP contribution >= 0.6 is 0 Å². The number of fused-ring (bicyclic) bond motifs is 1. The number of aryl methyl sites for hydroxylation is 1. The number of carbonyl (C=O) groups is 3. The molecule has 5 rings (SSSR count). The zero-order chi connectivity index (χ0) is 26.1. The van der Waals surface area contributed by atoms with E-state index in [0.29, 0.717) is 32.0 Å². The molecule has 0 saturated carbocycles. The molecule has 196 valence electrons. The van der Waals surface area contributed by atoms with Crippen LogP contribution in [0.5, 0.6) is 0 Å². The van der Waals surface area contributed by atoms with Gasteiger partial charge in [-0.3, -0.25) is 14.4 Å². The number of benzene rings is 2. The maximum absolute atomic E-state index is 14.6. The fourth-order valence-electron chi connectivity index (χ4n) is 4.95. The van der Waals surface area contributed by atoms with Gasteiger partial charge in [-0.05, 0) is 54.3 Å². The lowest BCUT2D eigenvalue weighted by Crippen LogP contribution is -2.55. The van der Waals surface area contributed by atoms with E-state index in [0.717, 1.165) is 30.0 Å². The predicted octanol–water partition coefficient (Wildman–Crippen LogP) is 0.976. The largest absolute Gasteiger partial charge is 0.380 e. The van der Waals surface area contributed by atoms with Gasteiger partial charge in [0.15, 0.2) is 12.2 Å². The van der Waals surface area contributed by atoms with Gasteiger partial charge in [0.2, 0.25) is 0 Å². The number of rotatable bonds is 5. The predicted molar refractivity (Wildman–Crippen MR) is 132 cm³/mol. The van der Waals surface area contributed by atoms with Crippen LogP contribution in [0.3, 0.4) is 0 Å². The zero-order valence-electron chi connectivity index (χ0n) is 20.2. The summed E-state index contributed by atoms with van der Waals surface area (Å²) in [5.74, 6) is -2.64. The third-order valence-electron chi connectivity index (χ3n) is 7.00. The minimum Gasteiger partial charge on any atom is -0.380 e. The number of carbonyl (C=O) groups excluding carboxylic acids is 3. The summed E-state index contributed by atoms with van der Waals surface area (Å²) in [5, 5.41) is 13.3. The van der Waals surface area contributed by atoms with Crippen molar-refractivity contribution in [1.82, 2.24) is 4.90 Å². The SMILES string of the molecule is N[C@@H]1CCc2cc(NC(=O)[C@H](O)[C@H]3OCCN(c4ccc(F)c(C(=O)N5CCOCC5)c4)C3=O)ccc21. The number of nitrogens with zero attached hydrogens (tertiary/aromatic N) is 2. The number of morpholine rings is 2. The quantitative estimate of drug-likeness (QED) is 0.544. The molecule has 11 heteroatoms. The second kappa shape index (κ2) is 10.5. The number of hydrogen-bond donors (Lipinski definition) is 3. The van der Waals surface area contributed by atoms with Crippen molar-refractivity contribution in [2.24, 2.45) is 5.73 Å². The molecular weight excluding hydrogens is 483 g/mol. The van der Waals surface area contributed by atoms with Gasteiger partial charge < -0.3 is 35.4 Å². The molecule has 37 heavy (non-hydrogen) atoms. The first-order valence-corrected chi connectivity index (χ1v) is 12.3. The molecule has 10 nitrogen and oxygen atoms in total. The van der Waals surface area contributed by atoms with Gasteiger partial charge in [-0.2, -0.15) is 0 Å². The molecule has 3 amide bonds. The average molecular weight is 513 g/mol. The molecule has 0 spiro atoms. The first-order chi connectivity index (χ1) is 17.8. The van der Waals surface area contributed by atoms with Crippen LogP contribution in [0.25, 0.3) is 0 Å². The van der Waals surface area contributed by atoms with Gasteiger partial charge in [-0.25, -0.2) is 4.39 Å². The lowest BCUT2D eigenvalue weighted by atomic mass is 10.1. The summed E-state index contributed by atoms with van der Waals surface area (Å²) < 4.78 is 25.3. The van der Waals surface area contributed by atoms with Crippen molar-refractivity contribution in [3.8, 4) is 0 Å². The summed E-state index contributed by atoms with van der Waals surface area (Å²) in [4.78, 5) is 41.7. The number of halogens is 1. The van der Waals surface area contributed by atoms with E-state index in [1.165, 1.54) is 21.9 Å². The van der Waals surface area contributed by atoms with E-state index < -0.39 is 35.7 Å². The third kappa shape index (κ3) is 5.08. The normalized spacial score (nSPS) is 22.5. The Morgan fingerprint density at radius 2 is 1.89 bits per heavy atom. The molecule has 0 bridgehead atoms. The highest BCUT2D eigenvalue weighted by Crippen LogP contribution is 2.31. The topological polar surface area (TPSA) is 134 Å². The van der Waals surface area contributed by atoms with Crippen LogP contribution in [0.1, 0.15) is 33.9 Å². The highest BCUT2D eigenvalue weighted by Gasteiger charge is 2.40. The second-order valence-corrected chi connectivity index (χ2v) is 9.34. The van der Waals surface area contributed by atoms with E-state index in [1.54, 1.807) is 6.07 Å². The Morgan fingerprint density at radius 3 is 2.68 bits per heavy atom. The molecule has 3 aliphatic rings. The number of amides is 3. The van der Waals surface area contributed by atoms with Gasteiger partial charge in [0, 0.05) is 37.1 Å². The van der Waals surface area contributed by atoms with Crippen LogP contribution in [0.4, 0.5) is 15.8 Å². The summed E-state index contributed by atoms with van der Waals surface area (Å²) in [6.45, 7) is 1.59. The summed E-state index contributed by atoms with van der Waals surface area (Å²) in [6.07, 6.45) is -1.60. The van der Waals surface area contributed by atoms with Gasteiger partial charge in [0.05, 0.1) is 25.4 Å². The summed E-state index contributed by atoms with van der Waals surface area (Å²) >= 11 is 0. The number of ether oxygens (including phenoxy) is 2. The molecular formula is C26H29FN4O6. The van der Waals surface area contributed by atoms with Crippen molar-refractivity contribution in [1.29, 1.82) is 0 Å². The minimum atomic E-state index is -1.78. The average Bonchev–Trinajstić information content (AvgIpc) is 3.28. The van der Waals surface area contributed by atoms with Crippen LogP contribution in [0.2, 0.25) is 0 Å². The van der Waals surface area contributed by atoms with Crippen molar-refractivity contribution in [2.45, 2.75) is 31.1 Å². The second-order valence-electron chi connectivity index (χ2n) is 9.34. The Hall–Kier alpha value is -3.38. The summed E-state index contributed by atoms with van der Waals surface area (Å²) in [6, 6.07) is 9.17. The Morgan fingerprint density at radius 1 is 1.11 bits per heavy atom. The Labute approximate surface area is 213 Å². The molecule has 1 aliphatic carbocycles.